The van der Waals surface area contributed by atoms with Crippen LogP contribution in [-0.2, 0) is 20.8 Å². The number of aromatic nitrogens is 4. The van der Waals surface area contributed by atoms with Gasteiger partial charge in [0.1, 0.15) is 5.69 Å². The largest absolute Gasteiger partial charge is 0.490 e. The summed E-state index contributed by atoms with van der Waals surface area (Å²) in [7, 11) is 3.28. The molecule has 0 bridgehead atoms. The summed E-state index contributed by atoms with van der Waals surface area (Å²) in [6, 6.07) is 5.74. The molecule has 3 aromatic heterocycles. The number of pyridine rings is 1. The first-order valence-corrected chi connectivity index (χ1v) is 12.1. The van der Waals surface area contributed by atoms with E-state index in [1.54, 1.807) is 43.9 Å². The maximum absolute atomic E-state index is 13.4. The summed E-state index contributed by atoms with van der Waals surface area (Å²) < 4.78 is 44.2. The molecule has 0 spiro atoms. The number of aliphatic carboxylic acids is 1. The van der Waals surface area contributed by atoms with Gasteiger partial charge in [-0.2, -0.15) is 13.2 Å². The molecule has 1 amide bonds. The van der Waals surface area contributed by atoms with E-state index >= 15 is 0 Å². The predicted molar refractivity (Wildman–Crippen MR) is 135 cm³/mol. The lowest BCUT2D eigenvalue weighted by Gasteiger charge is -2.22. The summed E-state index contributed by atoms with van der Waals surface area (Å²) in [5, 5.41) is 7.12. The van der Waals surface area contributed by atoms with Crippen molar-refractivity contribution >= 4 is 11.9 Å². The number of carboxylic acids is 1. The predicted octanol–water partition coefficient (Wildman–Crippen LogP) is 3.79. The molecule has 4 rings (SSSR count). The number of carboxylic acid groups (broad SMARTS) is 1. The summed E-state index contributed by atoms with van der Waals surface area (Å²) in [4.78, 5) is 37.2. The monoisotopic (exact) mass is 549 g/mol. The molecule has 1 N–H and O–H groups in total. The summed E-state index contributed by atoms with van der Waals surface area (Å²) in [6.45, 7) is 2.85. The average molecular weight is 550 g/mol. The Balaban J connectivity index is 0.000000532. The third-order valence-electron chi connectivity index (χ3n) is 5.83. The molecule has 13 heteroatoms. The van der Waals surface area contributed by atoms with E-state index in [4.69, 9.17) is 19.4 Å². The molecule has 1 saturated carbocycles. The van der Waals surface area contributed by atoms with Crippen molar-refractivity contribution < 1.29 is 37.3 Å². The van der Waals surface area contributed by atoms with Gasteiger partial charge in [-0.15, -0.1) is 0 Å². The lowest BCUT2D eigenvalue weighted by atomic mass is 10.1. The van der Waals surface area contributed by atoms with Gasteiger partial charge in [0, 0.05) is 81.5 Å². The van der Waals surface area contributed by atoms with E-state index in [-0.39, 0.29) is 5.91 Å². The second-order valence-electron chi connectivity index (χ2n) is 8.83. The minimum Gasteiger partial charge on any atom is -0.475 e. The van der Waals surface area contributed by atoms with Gasteiger partial charge in [0.05, 0.1) is 13.2 Å². The van der Waals surface area contributed by atoms with Gasteiger partial charge in [0.25, 0.3) is 5.91 Å². The van der Waals surface area contributed by atoms with Crippen molar-refractivity contribution in [2.75, 3.05) is 40.5 Å². The van der Waals surface area contributed by atoms with Crippen LogP contribution in [0, 0.1) is 5.92 Å². The van der Waals surface area contributed by atoms with Gasteiger partial charge >= 0.3 is 12.1 Å². The Morgan fingerprint density at radius 1 is 1.05 bits per heavy atom. The van der Waals surface area contributed by atoms with Crippen LogP contribution >= 0.6 is 0 Å². The SMILES string of the molecule is COCCN(CCOC)C(=O)c1cc(-c2cnc(-c3cccnc3)nc2)cn1CC1CC1.O=C(O)C(F)(F)F. The first kappa shape index (κ1) is 29.7. The van der Waals surface area contributed by atoms with Gasteiger partial charge in [-0.05, 0) is 37.0 Å². The van der Waals surface area contributed by atoms with Crippen LogP contribution < -0.4 is 0 Å². The van der Waals surface area contributed by atoms with Crippen LogP contribution in [0.1, 0.15) is 23.3 Å². The van der Waals surface area contributed by atoms with Gasteiger partial charge in [0.2, 0.25) is 0 Å². The van der Waals surface area contributed by atoms with Crippen LogP contribution in [0.15, 0.2) is 49.2 Å². The van der Waals surface area contributed by atoms with Crippen LogP contribution in [0.25, 0.3) is 22.5 Å². The fourth-order valence-corrected chi connectivity index (χ4v) is 3.58. The Morgan fingerprint density at radius 2 is 1.67 bits per heavy atom. The van der Waals surface area contributed by atoms with Crippen LogP contribution in [0.3, 0.4) is 0 Å². The van der Waals surface area contributed by atoms with E-state index in [0.717, 1.165) is 23.2 Å². The Morgan fingerprint density at radius 3 is 2.15 bits per heavy atom. The quantitative estimate of drug-likeness (QED) is 0.384. The van der Waals surface area contributed by atoms with E-state index in [1.165, 1.54) is 12.8 Å². The molecule has 0 aromatic carbocycles. The normalized spacial score (nSPS) is 12.9. The highest BCUT2D eigenvalue weighted by atomic mass is 19.4. The molecule has 210 valence electrons. The molecule has 1 aliphatic rings. The van der Waals surface area contributed by atoms with E-state index in [9.17, 15) is 18.0 Å². The van der Waals surface area contributed by atoms with Crippen LogP contribution in [0.5, 0.6) is 0 Å². The second kappa shape index (κ2) is 13.8. The first-order valence-electron chi connectivity index (χ1n) is 12.1. The molecular formula is C26H30F3N5O5. The van der Waals surface area contributed by atoms with Crippen molar-refractivity contribution in [2.24, 2.45) is 5.92 Å². The number of hydrogen-bond donors (Lipinski definition) is 1. The topological polar surface area (TPSA) is 120 Å². The van der Waals surface area contributed by atoms with Crippen LogP contribution in [-0.4, -0.2) is 88.1 Å². The maximum atomic E-state index is 13.4. The summed E-state index contributed by atoms with van der Waals surface area (Å²) in [6.07, 6.45) is 6.44. The number of halogens is 3. The number of amides is 1. The van der Waals surface area contributed by atoms with Gasteiger partial charge in [-0.25, -0.2) is 14.8 Å². The summed E-state index contributed by atoms with van der Waals surface area (Å²) >= 11 is 0. The zero-order chi connectivity index (χ0) is 28.4. The Hall–Kier alpha value is -3.84. The third kappa shape index (κ3) is 8.86. The van der Waals surface area contributed by atoms with Gasteiger partial charge in [-0.3, -0.25) is 9.78 Å². The summed E-state index contributed by atoms with van der Waals surface area (Å²) in [5.41, 5.74) is 3.36. The van der Waals surface area contributed by atoms with E-state index in [2.05, 4.69) is 19.5 Å². The molecule has 0 atom stereocenters. The first-order chi connectivity index (χ1) is 18.6. The highest BCUT2D eigenvalue weighted by Crippen LogP contribution is 2.33. The third-order valence-corrected chi connectivity index (χ3v) is 5.83. The molecule has 3 heterocycles. The fourth-order valence-electron chi connectivity index (χ4n) is 3.58. The summed E-state index contributed by atoms with van der Waals surface area (Å²) in [5.74, 6) is -1.51. The van der Waals surface area contributed by atoms with Crippen LogP contribution in [0.2, 0.25) is 0 Å². The van der Waals surface area contributed by atoms with E-state index in [1.807, 2.05) is 24.4 Å². The lowest BCUT2D eigenvalue weighted by molar-refractivity contribution is -0.192. The molecule has 1 fully saturated rings. The van der Waals surface area contributed by atoms with E-state index in [0.29, 0.717) is 43.7 Å². The Bertz CT molecular complexity index is 1210. The molecule has 0 aliphatic heterocycles. The van der Waals surface area contributed by atoms with Crippen molar-refractivity contribution in [1.29, 1.82) is 0 Å². The molecule has 0 unspecified atom stereocenters. The van der Waals surface area contributed by atoms with Crippen molar-refractivity contribution in [3.05, 3.63) is 54.9 Å². The van der Waals surface area contributed by atoms with Gasteiger partial charge in [-0.1, -0.05) is 0 Å². The van der Waals surface area contributed by atoms with Gasteiger partial charge in [0.15, 0.2) is 5.82 Å². The number of methoxy groups -OCH3 is 2. The maximum Gasteiger partial charge on any atom is 0.490 e. The smallest absolute Gasteiger partial charge is 0.475 e. The number of rotatable bonds is 11. The lowest BCUT2D eigenvalue weighted by Crippen LogP contribution is -2.37. The molecule has 3 aromatic rings. The average Bonchev–Trinajstić information content (AvgIpc) is 3.65. The van der Waals surface area contributed by atoms with Crippen LogP contribution in [0.4, 0.5) is 13.2 Å². The minimum absolute atomic E-state index is 0.0149. The van der Waals surface area contributed by atoms with Crippen molar-refractivity contribution in [3.8, 4) is 22.5 Å². The number of alkyl halides is 3. The minimum atomic E-state index is -5.08. The molecule has 1 aliphatic carbocycles. The van der Waals surface area contributed by atoms with Crippen molar-refractivity contribution in [3.63, 3.8) is 0 Å². The Labute approximate surface area is 223 Å². The number of nitrogens with zero attached hydrogens (tertiary/aromatic N) is 5. The van der Waals surface area contributed by atoms with Crippen molar-refractivity contribution in [1.82, 2.24) is 24.4 Å². The molecule has 0 saturated heterocycles. The number of hydrogen-bond acceptors (Lipinski definition) is 7. The van der Waals surface area contributed by atoms with Gasteiger partial charge < -0.3 is 24.0 Å². The highest BCUT2D eigenvalue weighted by Gasteiger charge is 2.38. The molecule has 0 radical (unpaired) electrons. The molecular weight excluding hydrogens is 519 g/mol. The zero-order valence-corrected chi connectivity index (χ0v) is 21.6. The zero-order valence-electron chi connectivity index (χ0n) is 21.6. The number of ether oxygens (including phenoxy) is 2. The Kier molecular flexibility index (Phi) is 10.5. The molecule has 39 heavy (non-hydrogen) atoms. The molecule has 10 nitrogen and oxygen atoms in total. The number of carbonyl (C=O) groups excluding carboxylic acids is 1. The number of carbonyl (C=O) groups is 2. The second-order valence-corrected chi connectivity index (χ2v) is 8.83. The highest BCUT2D eigenvalue weighted by molar-refractivity contribution is 5.94. The van der Waals surface area contributed by atoms with E-state index < -0.39 is 12.1 Å². The standard InChI is InChI=1S/C24H29N5O3.C2HF3O2/c1-31-10-8-28(9-11-32-2)24(30)22-12-20(17-29(22)16-18-5-6-18)21-14-26-23(27-15-21)19-4-3-7-25-13-19;3-2(4,5)1(6)7/h3-4,7,12-15,17-18H,5-6,8-11,16H2,1-2H3;(H,6,7). The fraction of sp³-hybridized carbons (Fsp3) is 0.423. The van der Waals surface area contributed by atoms with Crippen molar-refractivity contribution in [2.45, 2.75) is 25.6 Å².